The minimum absolute atomic E-state index is 0.0148. The smallest absolute Gasteiger partial charge is 0.213 e. The van der Waals surface area contributed by atoms with E-state index in [0.717, 1.165) is 12.0 Å². The zero-order chi connectivity index (χ0) is 19.7. The van der Waals surface area contributed by atoms with Gasteiger partial charge in [0, 0.05) is 42.4 Å². The molecular formula is C19H28N4O2S2. The van der Waals surface area contributed by atoms with Gasteiger partial charge in [0.2, 0.25) is 10.0 Å². The third-order valence-corrected chi connectivity index (χ3v) is 6.26. The Hall–Kier alpha value is -1.90. The van der Waals surface area contributed by atoms with Crippen LogP contribution in [0.25, 0.3) is 0 Å². The topological polar surface area (TPSA) is 82.6 Å². The summed E-state index contributed by atoms with van der Waals surface area (Å²) in [6, 6.07) is 13.9. The molecule has 0 fully saturated rings. The maximum absolute atomic E-state index is 12.1. The number of nitrogens with one attached hydrogen (secondary N) is 3. The highest BCUT2D eigenvalue weighted by molar-refractivity contribution is 7.89. The van der Waals surface area contributed by atoms with E-state index in [0.29, 0.717) is 12.5 Å². The van der Waals surface area contributed by atoms with Gasteiger partial charge in [0.25, 0.3) is 0 Å². The molecule has 2 rings (SSSR count). The summed E-state index contributed by atoms with van der Waals surface area (Å²) < 4.78 is 26.9. The predicted molar refractivity (Wildman–Crippen MR) is 114 cm³/mol. The molecule has 2 aromatic rings. The molecular weight excluding hydrogens is 380 g/mol. The second-order valence-corrected chi connectivity index (χ2v) is 9.69. The Morgan fingerprint density at radius 3 is 2.56 bits per heavy atom. The van der Waals surface area contributed by atoms with Gasteiger partial charge in [0.1, 0.15) is 0 Å². The fourth-order valence-corrected chi connectivity index (χ4v) is 4.46. The molecule has 0 spiro atoms. The van der Waals surface area contributed by atoms with Crippen LogP contribution >= 0.6 is 11.3 Å². The van der Waals surface area contributed by atoms with E-state index < -0.39 is 10.0 Å². The molecule has 1 aromatic heterocycles. The van der Waals surface area contributed by atoms with Gasteiger partial charge in [0.15, 0.2) is 5.96 Å². The molecule has 1 atom stereocenters. The summed E-state index contributed by atoms with van der Waals surface area (Å²) >= 11 is 1.79. The van der Waals surface area contributed by atoms with Crippen LogP contribution in [0.4, 0.5) is 0 Å². The van der Waals surface area contributed by atoms with Gasteiger partial charge in [-0.1, -0.05) is 30.3 Å². The van der Waals surface area contributed by atoms with Crippen LogP contribution in [0.1, 0.15) is 22.2 Å². The Morgan fingerprint density at radius 2 is 1.93 bits per heavy atom. The van der Waals surface area contributed by atoms with E-state index in [2.05, 4.69) is 46.3 Å². The van der Waals surface area contributed by atoms with E-state index in [1.807, 2.05) is 30.3 Å². The fraction of sp³-hybridized carbons (Fsp3) is 0.421. The van der Waals surface area contributed by atoms with Gasteiger partial charge in [-0.3, -0.25) is 4.99 Å². The van der Waals surface area contributed by atoms with Crippen LogP contribution in [-0.2, 0) is 23.0 Å². The first-order valence-electron chi connectivity index (χ1n) is 8.92. The monoisotopic (exact) mass is 408 g/mol. The average Bonchev–Trinajstić information content (AvgIpc) is 3.04. The Labute approximate surface area is 166 Å². The summed E-state index contributed by atoms with van der Waals surface area (Å²) in [5.41, 5.74) is 0.934. The molecule has 0 radical (unpaired) electrons. The summed E-state index contributed by atoms with van der Waals surface area (Å²) in [6.45, 7) is 4.77. The first-order chi connectivity index (χ1) is 12.9. The molecule has 0 aliphatic rings. The minimum atomic E-state index is -3.35. The highest BCUT2D eigenvalue weighted by atomic mass is 32.2. The summed E-state index contributed by atoms with van der Waals surface area (Å²) in [5, 5.41) is 6.37. The van der Waals surface area contributed by atoms with Crippen LogP contribution in [0.2, 0.25) is 0 Å². The van der Waals surface area contributed by atoms with Crippen molar-refractivity contribution < 1.29 is 8.42 Å². The largest absolute Gasteiger partial charge is 0.355 e. The number of hydrogen-bond donors (Lipinski definition) is 3. The van der Waals surface area contributed by atoms with Crippen molar-refractivity contribution in [3.8, 4) is 0 Å². The SMILES string of the molecule is CN=C(NCCS(=O)(=O)NCc1ccccc1)NC(C)Cc1ccc(C)s1. The summed E-state index contributed by atoms with van der Waals surface area (Å²) in [6.07, 6.45) is 0.899. The van der Waals surface area contributed by atoms with E-state index >= 15 is 0 Å². The van der Waals surface area contributed by atoms with Crippen LogP contribution < -0.4 is 15.4 Å². The van der Waals surface area contributed by atoms with E-state index in [1.165, 1.54) is 9.75 Å². The summed E-state index contributed by atoms with van der Waals surface area (Å²) in [5.74, 6) is 0.591. The van der Waals surface area contributed by atoms with Crippen molar-refractivity contribution in [2.24, 2.45) is 4.99 Å². The summed E-state index contributed by atoms with van der Waals surface area (Å²) in [4.78, 5) is 6.79. The minimum Gasteiger partial charge on any atom is -0.355 e. The first-order valence-corrected chi connectivity index (χ1v) is 11.4. The van der Waals surface area contributed by atoms with Crippen LogP contribution in [0.5, 0.6) is 0 Å². The van der Waals surface area contributed by atoms with Crippen molar-refractivity contribution in [3.05, 3.63) is 57.8 Å². The number of hydrogen-bond acceptors (Lipinski definition) is 4. The molecule has 27 heavy (non-hydrogen) atoms. The van der Waals surface area contributed by atoms with Gasteiger partial charge in [-0.05, 0) is 31.5 Å². The molecule has 0 amide bonds. The molecule has 8 heteroatoms. The molecule has 1 heterocycles. The molecule has 0 aliphatic carbocycles. The molecule has 1 aromatic carbocycles. The quantitative estimate of drug-likeness (QED) is 0.439. The third kappa shape index (κ3) is 8.11. The van der Waals surface area contributed by atoms with Gasteiger partial charge in [-0.25, -0.2) is 13.1 Å². The maximum Gasteiger partial charge on any atom is 0.213 e. The van der Waals surface area contributed by atoms with Gasteiger partial charge in [0.05, 0.1) is 5.75 Å². The van der Waals surface area contributed by atoms with E-state index in [4.69, 9.17) is 0 Å². The van der Waals surface area contributed by atoms with Crippen molar-refractivity contribution >= 4 is 27.3 Å². The lowest BCUT2D eigenvalue weighted by Crippen LogP contribution is -2.45. The fourth-order valence-electron chi connectivity index (χ4n) is 2.54. The lowest BCUT2D eigenvalue weighted by molar-refractivity contribution is 0.579. The van der Waals surface area contributed by atoms with Gasteiger partial charge >= 0.3 is 0 Å². The van der Waals surface area contributed by atoms with Crippen molar-refractivity contribution in [2.45, 2.75) is 32.9 Å². The maximum atomic E-state index is 12.1. The molecule has 148 valence electrons. The molecule has 6 nitrogen and oxygen atoms in total. The molecule has 0 saturated carbocycles. The van der Waals surface area contributed by atoms with Gasteiger partial charge in [-0.2, -0.15) is 0 Å². The molecule has 0 bridgehead atoms. The molecule has 0 saturated heterocycles. The Bertz CT molecular complexity index is 832. The Balaban J connectivity index is 1.73. The second kappa shape index (κ2) is 10.4. The van der Waals surface area contributed by atoms with E-state index in [-0.39, 0.29) is 18.3 Å². The lowest BCUT2D eigenvalue weighted by Gasteiger charge is -2.17. The van der Waals surface area contributed by atoms with E-state index in [1.54, 1.807) is 18.4 Å². The number of rotatable bonds is 9. The van der Waals surface area contributed by atoms with Gasteiger partial charge in [-0.15, -0.1) is 11.3 Å². The Morgan fingerprint density at radius 1 is 1.19 bits per heavy atom. The number of aryl methyl sites for hydroxylation is 1. The molecule has 3 N–H and O–H groups in total. The number of guanidine groups is 1. The van der Waals surface area contributed by atoms with Crippen LogP contribution in [0.15, 0.2) is 47.5 Å². The number of sulfonamides is 1. The molecule has 0 aliphatic heterocycles. The van der Waals surface area contributed by atoms with Gasteiger partial charge < -0.3 is 10.6 Å². The van der Waals surface area contributed by atoms with Crippen LogP contribution in [-0.4, -0.2) is 39.8 Å². The van der Waals surface area contributed by atoms with Crippen molar-refractivity contribution in [1.29, 1.82) is 0 Å². The van der Waals surface area contributed by atoms with Crippen LogP contribution in [0, 0.1) is 6.92 Å². The zero-order valence-electron chi connectivity index (χ0n) is 16.0. The van der Waals surface area contributed by atoms with Crippen LogP contribution in [0.3, 0.4) is 0 Å². The number of aliphatic imine (C=N–C) groups is 1. The second-order valence-electron chi connectivity index (χ2n) is 6.39. The van der Waals surface area contributed by atoms with Crippen molar-refractivity contribution in [3.63, 3.8) is 0 Å². The predicted octanol–water partition coefficient (Wildman–Crippen LogP) is 2.27. The van der Waals surface area contributed by atoms with E-state index in [9.17, 15) is 8.42 Å². The number of thiophene rings is 1. The summed E-state index contributed by atoms with van der Waals surface area (Å²) in [7, 11) is -1.67. The first kappa shape index (κ1) is 21.4. The normalized spacial score (nSPS) is 13.4. The highest BCUT2D eigenvalue weighted by Crippen LogP contribution is 2.16. The molecule has 1 unspecified atom stereocenters. The standard InChI is InChI=1S/C19H28N4O2S2/c1-15(13-18-10-9-16(2)26-18)23-19(20-3)21-11-12-27(24,25)22-14-17-7-5-4-6-8-17/h4-10,15,22H,11-14H2,1-3H3,(H2,20,21,23). The zero-order valence-corrected chi connectivity index (χ0v) is 17.7. The Kier molecular flexibility index (Phi) is 8.27. The lowest BCUT2D eigenvalue weighted by atomic mass is 10.2. The van der Waals surface area contributed by atoms with Crippen molar-refractivity contribution in [2.75, 3.05) is 19.3 Å². The highest BCUT2D eigenvalue weighted by Gasteiger charge is 2.12. The van der Waals surface area contributed by atoms with Crippen molar-refractivity contribution in [1.82, 2.24) is 15.4 Å². The third-order valence-electron chi connectivity index (χ3n) is 3.91. The number of nitrogens with zero attached hydrogens (tertiary/aromatic N) is 1. The number of benzene rings is 1. The average molecular weight is 409 g/mol.